The van der Waals surface area contributed by atoms with Crippen LogP contribution < -0.4 is 5.73 Å². The van der Waals surface area contributed by atoms with Crippen molar-refractivity contribution in [1.82, 2.24) is 10.2 Å². The SMILES string of the molecule is CCC(N)Cc1ccc(Cl)cc1Sc1nnc(C)o1. The lowest BCUT2D eigenvalue weighted by molar-refractivity contribution is 0.429. The first kappa shape index (κ1) is 14.4. The van der Waals surface area contributed by atoms with Gasteiger partial charge in [0.25, 0.3) is 5.22 Å². The summed E-state index contributed by atoms with van der Waals surface area (Å²) < 4.78 is 5.38. The van der Waals surface area contributed by atoms with Crippen LogP contribution in [0.4, 0.5) is 0 Å². The van der Waals surface area contributed by atoms with Gasteiger partial charge < -0.3 is 10.2 Å². The lowest BCUT2D eigenvalue weighted by Gasteiger charge is -2.12. The first-order valence-corrected chi connectivity index (χ1v) is 7.30. The van der Waals surface area contributed by atoms with Crippen LogP contribution in [0.1, 0.15) is 24.8 Å². The number of halogens is 1. The zero-order chi connectivity index (χ0) is 13.8. The summed E-state index contributed by atoms with van der Waals surface area (Å²) in [7, 11) is 0. The molecular formula is C13H16ClN3OS. The number of nitrogens with zero attached hydrogens (tertiary/aromatic N) is 2. The van der Waals surface area contributed by atoms with Crippen LogP contribution in [0.3, 0.4) is 0 Å². The van der Waals surface area contributed by atoms with E-state index in [0.29, 0.717) is 16.1 Å². The van der Waals surface area contributed by atoms with Crippen molar-refractivity contribution in [2.24, 2.45) is 5.73 Å². The molecule has 6 heteroatoms. The lowest BCUT2D eigenvalue weighted by atomic mass is 10.1. The molecule has 102 valence electrons. The zero-order valence-electron chi connectivity index (χ0n) is 10.9. The topological polar surface area (TPSA) is 64.9 Å². The van der Waals surface area contributed by atoms with Crippen molar-refractivity contribution in [2.75, 3.05) is 0 Å². The molecule has 0 aliphatic rings. The predicted octanol–water partition coefficient (Wildman–Crippen LogP) is 3.46. The number of rotatable bonds is 5. The molecule has 1 unspecified atom stereocenters. The maximum Gasteiger partial charge on any atom is 0.281 e. The Morgan fingerprint density at radius 2 is 2.21 bits per heavy atom. The first-order valence-electron chi connectivity index (χ1n) is 6.10. The van der Waals surface area contributed by atoms with Crippen LogP contribution in [0.25, 0.3) is 0 Å². The van der Waals surface area contributed by atoms with Crippen LogP contribution in [0, 0.1) is 6.92 Å². The second kappa shape index (κ2) is 6.41. The van der Waals surface area contributed by atoms with Crippen LogP contribution in [0.15, 0.2) is 32.7 Å². The summed E-state index contributed by atoms with van der Waals surface area (Å²) >= 11 is 7.47. The molecule has 0 aliphatic carbocycles. The second-order valence-electron chi connectivity index (χ2n) is 4.31. The molecule has 0 radical (unpaired) electrons. The molecule has 2 rings (SSSR count). The van der Waals surface area contributed by atoms with Crippen molar-refractivity contribution in [3.8, 4) is 0 Å². The summed E-state index contributed by atoms with van der Waals surface area (Å²) in [6.45, 7) is 3.84. The largest absolute Gasteiger partial charge is 0.416 e. The average molecular weight is 298 g/mol. The third-order valence-electron chi connectivity index (χ3n) is 2.74. The summed E-state index contributed by atoms with van der Waals surface area (Å²) in [5.41, 5.74) is 7.17. The number of hydrogen-bond acceptors (Lipinski definition) is 5. The van der Waals surface area contributed by atoms with E-state index in [0.717, 1.165) is 23.3 Å². The Bertz CT molecular complexity index is 559. The van der Waals surface area contributed by atoms with Crippen LogP contribution in [0.2, 0.25) is 5.02 Å². The standard InChI is InChI=1S/C13H16ClN3OS/c1-3-11(15)6-9-4-5-10(14)7-12(9)19-13-17-16-8(2)18-13/h4-5,7,11H,3,6,15H2,1-2H3. The molecule has 1 aromatic carbocycles. The van der Waals surface area contributed by atoms with E-state index in [9.17, 15) is 0 Å². The summed E-state index contributed by atoms with van der Waals surface area (Å²) in [6, 6.07) is 5.93. The fraction of sp³-hybridized carbons (Fsp3) is 0.385. The number of nitrogens with two attached hydrogens (primary N) is 1. The highest BCUT2D eigenvalue weighted by Gasteiger charge is 2.12. The Labute approximate surface area is 121 Å². The monoisotopic (exact) mass is 297 g/mol. The quantitative estimate of drug-likeness (QED) is 0.915. The van der Waals surface area contributed by atoms with Crippen molar-refractivity contribution < 1.29 is 4.42 Å². The van der Waals surface area contributed by atoms with Crippen LogP contribution in [-0.2, 0) is 6.42 Å². The van der Waals surface area contributed by atoms with Gasteiger partial charge in [0.05, 0.1) is 0 Å². The van der Waals surface area contributed by atoms with E-state index in [2.05, 4.69) is 17.1 Å². The van der Waals surface area contributed by atoms with Crippen LogP contribution in [-0.4, -0.2) is 16.2 Å². The highest BCUT2D eigenvalue weighted by molar-refractivity contribution is 7.99. The van der Waals surface area contributed by atoms with Gasteiger partial charge in [0.2, 0.25) is 5.89 Å². The molecule has 2 aromatic rings. The Kier molecular flexibility index (Phi) is 4.85. The fourth-order valence-corrected chi connectivity index (χ4v) is 2.77. The van der Waals surface area contributed by atoms with Crippen LogP contribution >= 0.6 is 23.4 Å². The molecular weight excluding hydrogens is 282 g/mol. The second-order valence-corrected chi connectivity index (χ2v) is 5.74. The van der Waals surface area contributed by atoms with Gasteiger partial charge in [-0.2, -0.15) is 0 Å². The van der Waals surface area contributed by atoms with Gasteiger partial charge in [-0.25, -0.2) is 0 Å². The summed E-state index contributed by atoms with van der Waals surface area (Å²) in [5.74, 6) is 0.552. The zero-order valence-corrected chi connectivity index (χ0v) is 12.5. The van der Waals surface area contributed by atoms with Gasteiger partial charge >= 0.3 is 0 Å². The van der Waals surface area contributed by atoms with Crippen molar-refractivity contribution in [3.05, 3.63) is 34.7 Å². The van der Waals surface area contributed by atoms with Crippen molar-refractivity contribution >= 4 is 23.4 Å². The fourth-order valence-electron chi connectivity index (χ4n) is 1.63. The molecule has 1 atom stereocenters. The van der Waals surface area contributed by atoms with E-state index < -0.39 is 0 Å². The van der Waals surface area contributed by atoms with Gasteiger partial charge in [-0.3, -0.25) is 0 Å². The summed E-state index contributed by atoms with van der Waals surface area (Å²) in [5, 5.41) is 9.01. The lowest BCUT2D eigenvalue weighted by Crippen LogP contribution is -2.21. The Morgan fingerprint density at radius 1 is 1.42 bits per heavy atom. The molecule has 0 bridgehead atoms. The Balaban J connectivity index is 2.24. The molecule has 1 heterocycles. The Morgan fingerprint density at radius 3 is 2.84 bits per heavy atom. The van der Waals surface area contributed by atoms with E-state index in [4.69, 9.17) is 21.8 Å². The van der Waals surface area contributed by atoms with Crippen molar-refractivity contribution in [3.63, 3.8) is 0 Å². The number of hydrogen-bond donors (Lipinski definition) is 1. The van der Waals surface area contributed by atoms with Gasteiger partial charge in [0.15, 0.2) is 0 Å². The normalized spacial score (nSPS) is 12.6. The van der Waals surface area contributed by atoms with Crippen molar-refractivity contribution in [2.45, 2.75) is 42.8 Å². The molecule has 0 aliphatic heterocycles. The molecule has 2 N–H and O–H groups in total. The van der Waals surface area contributed by atoms with E-state index in [-0.39, 0.29) is 6.04 Å². The van der Waals surface area contributed by atoms with E-state index >= 15 is 0 Å². The van der Waals surface area contributed by atoms with Crippen molar-refractivity contribution in [1.29, 1.82) is 0 Å². The van der Waals surface area contributed by atoms with E-state index in [1.54, 1.807) is 6.92 Å². The number of benzene rings is 1. The first-order chi connectivity index (χ1) is 9.08. The maximum atomic E-state index is 6.05. The highest BCUT2D eigenvalue weighted by Crippen LogP contribution is 2.32. The molecule has 4 nitrogen and oxygen atoms in total. The third-order valence-corrected chi connectivity index (χ3v) is 3.92. The summed E-state index contributed by atoms with van der Waals surface area (Å²) in [4.78, 5) is 1.01. The van der Waals surface area contributed by atoms with E-state index in [1.807, 2.05) is 18.2 Å². The minimum absolute atomic E-state index is 0.143. The minimum atomic E-state index is 0.143. The maximum absolute atomic E-state index is 6.05. The highest BCUT2D eigenvalue weighted by atomic mass is 35.5. The number of aromatic nitrogens is 2. The average Bonchev–Trinajstić information content (AvgIpc) is 2.78. The molecule has 0 amide bonds. The molecule has 19 heavy (non-hydrogen) atoms. The minimum Gasteiger partial charge on any atom is -0.416 e. The van der Waals surface area contributed by atoms with Gasteiger partial charge in [-0.05, 0) is 42.3 Å². The van der Waals surface area contributed by atoms with Crippen LogP contribution in [0.5, 0.6) is 0 Å². The Hall–Kier alpha value is -1.04. The smallest absolute Gasteiger partial charge is 0.281 e. The molecule has 0 fully saturated rings. The molecule has 0 spiro atoms. The van der Waals surface area contributed by atoms with Gasteiger partial charge in [0, 0.05) is 22.9 Å². The predicted molar refractivity (Wildman–Crippen MR) is 76.6 cm³/mol. The number of aryl methyl sites for hydroxylation is 1. The molecule has 0 saturated heterocycles. The van der Waals surface area contributed by atoms with Gasteiger partial charge in [-0.15, -0.1) is 10.2 Å². The molecule has 1 aromatic heterocycles. The van der Waals surface area contributed by atoms with Gasteiger partial charge in [-0.1, -0.05) is 24.6 Å². The third kappa shape index (κ3) is 3.96. The van der Waals surface area contributed by atoms with E-state index in [1.165, 1.54) is 11.8 Å². The molecule has 0 saturated carbocycles. The summed E-state index contributed by atoms with van der Waals surface area (Å²) in [6.07, 6.45) is 1.75. The van der Waals surface area contributed by atoms with Gasteiger partial charge in [0.1, 0.15) is 0 Å².